The maximum atomic E-state index is 11.5. The summed E-state index contributed by atoms with van der Waals surface area (Å²) in [5.41, 5.74) is 0. The predicted molar refractivity (Wildman–Crippen MR) is 47.6 cm³/mol. The molecule has 0 spiro atoms. The van der Waals surface area contributed by atoms with E-state index in [0.29, 0.717) is 11.8 Å². The fourth-order valence-corrected chi connectivity index (χ4v) is 2.67. The number of hydrogen-bond donors (Lipinski definition) is 1. The number of hydrogen-bond acceptors (Lipinski definition) is 1. The Bertz CT molecular complexity index is 178. The zero-order chi connectivity index (χ0) is 8.55. The highest BCUT2D eigenvalue weighted by molar-refractivity contribution is 5.82. The van der Waals surface area contributed by atoms with Gasteiger partial charge in [-0.15, -0.1) is 0 Å². The van der Waals surface area contributed by atoms with Crippen molar-refractivity contribution in [3.05, 3.63) is 0 Å². The molecule has 2 heteroatoms. The SMILES string of the molecule is CCNC(=O)C1[C@H]2CCCC[C@@H]12. The Morgan fingerprint density at radius 3 is 2.42 bits per heavy atom. The molecule has 2 aliphatic carbocycles. The second kappa shape index (κ2) is 3.08. The lowest BCUT2D eigenvalue weighted by molar-refractivity contribution is -0.122. The van der Waals surface area contributed by atoms with E-state index < -0.39 is 0 Å². The predicted octanol–water partition coefficient (Wildman–Crippen LogP) is 1.56. The smallest absolute Gasteiger partial charge is 0.223 e. The number of carbonyl (C=O) groups excluding carboxylic acids is 1. The quantitative estimate of drug-likeness (QED) is 0.664. The van der Waals surface area contributed by atoms with Gasteiger partial charge in [-0.3, -0.25) is 4.79 Å². The first-order valence-corrected chi connectivity index (χ1v) is 5.12. The first-order chi connectivity index (χ1) is 5.84. The standard InChI is InChI=1S/C10H17NO/c1-2-11-10(12)9-7-5-3-4-6-8(7)9/h7-9H,2-6H2,1H3,(H,11,12)/t7-,8+,9?. The van der Waals surface area contributed by atoms with Crippen molar-refractivity contribution in [2.45, 2.75) is 32.6 Å². The molecule has 2 nitrogen and oxygen atoms in total. The lowest BCUT2D eigenvalue weighted by Crippen LogP contribution is -2.25. The Morgan fingerprint density at radius 2 is 1.92 bits per heavy atom. The fourth-order valence-electron chi connectivity index (χ4n) is 2.67. The highest BCUT2D eigenvalue weighted by Gasteiger charge is 2.54. The Kier molecular flexibility index (Phi) is 2.07. The molecule has 12 heavy (non-hydrogen) atoms. The summed E-state index contributed by atoms with van der Waals surface area (Å²) < 4.78 is 0. The lowest BCUT2D eigenvalue weighted by atomic mass is 10.0. The summed E-state index contributed by atoms with van der Waals surface area (Å²) in [5.74, 6) is 2.22. The molecule has 0 bridgehead atoms. The highest BCUT2D eigenvalue weighted by Crippen LogP contribution is 2.55. The van der Waals surface area contributed by atoms with E-state index in [1.807, 2.05) is 6.92 Å². The molecule has 0 aromatic heterocycles. The zero-order valence-electron chi connectivity index (χ0n) is 7.68. The van der Waals surface area contributed by atoms with Gasteiger partial charge in [0.1, 0.15) is 0 Å². The van der Waals surface area contributed by atoms with Crippen LogP contribution in [0.3, 0.4) is 0 Å². The van der Waals surface area contributed by atoms with Crippen molar-refractivity contribution in [3.63, 3.8) is 0 Å². The molecule has 2 rings (SSSR count). The van der Waals surface area contributed by atoms with E-state index in [1.165, 1.54) is 25.7 Å². The van der Waals surface area contributed by atoms with E-state index in [2.05, 4.69) is 5.32 Å². The topological polar surface area (TPSA) is 29.1 Å². The van der Waals surface area contributed by atoms with Crippen molar-refractivity contribution in [1.29, 1.82) is 0 Å². The van der Waals surface area contributed by atoms with Gasteiger partial charge in [0, 0.05) is 12.5 Å². The number of rotatable bonds is 2. The minimum absolute atomic E-state index is 0.314. The molecule has 68 valence electrons. The third kappa shape index (κ3) is 1.23. The summed E-state index contributed by atoms with van der Waals surface area (Å²) in [6.45, 7) is 2.78. The molecule has 1 amide bonds. The number of fused-ring (bicyclic) bond motifs is 1. The van der Waals surface area contributed by atoms with Crippen molar-refractivity contribution in [1.82, 2.24) is 5.32 Å². The van der Waals surface area contributed by atoms with Gasteiger partial charge in [0.05, 0.1) is 0 Å². The molecule has 1 unspecified atom stereocenters. The van der Waals surface area contributed by atoms with Crippen LogP contribution < -0.4 is 5.32 Å². The van der Waals surface area contributed by atoms with Crippen molar-refractivity contribution in [2.24, 2.45) is 17.8 Å². The van der Waals surface area contributed by atoms with Crippen LogP contribution in [0.15, 0.2) is 0 Å². The minimum atomic E-state index is 0.314. The molecule has 0 radical (unpaired) electrons. The lowest BCUT2D eigenvalue weighted by Gasteiger charge is -2.04. The van der Waals surface area contributed by atoms with E-state index in [4.69, 9.17) is 0 Å². The Labute approximate surface area is 73.7 Å². The maximum absolute atomic E-state index is 11.5. The Balaban J connectivity index is 1.87. The van der Waals surface area contributed by atoms with Gasteiger partial charge in [-0.05, 0) is 31.6 Å². The van der Waals surface area contributed by atoms with Crippen LogP contribution in [0.2, 0.25) is 0 Å². The molecule has 2 aliphatic rings. The third-order valence-electron chi connectivity index (χ3n) is 3.31. The number of nitrogens with one attached hydrogen (secondary N) is 1. The minimum Gasteiger partial charge on any atom is -0.356 e. The summed E-state index contributed by atoms with van der Waals surface area (Å²) >= 11 is 0. The molecule has 2 fully saturated rings. The summed E-state index contributed by atoms with van der Waals surface area (Å²) in [5, 5.41) is 2.92. The van der Waals surface area contributed by atoms with Crippen molar-refractivity contribution >= 4 is 5.91 Å². The second-order valence-corrected chi connectivity index (χ2v) is 4.03. The summed E-state index contributed by atoms with van der Waals surface area (Å²) in [4.78, 5) is 11.5. The Hall–Kier alpha value is -0.530. The van der Waals surface area contributed by atoms with Gasteiger partial charge in [0.15, 0.2) is 0 Å². The van der Waals surface area contributed by atoms with Crippen LogP contribution in [0.1, 0.15) is 32.6 Å². The molecule has 3 atom stereocenters. The van der Waals surface area contributed by atoms with Crippen LogP contribution in [-0.4, -0.2) is 12.5 Å². The van der Waals surface area contributed by atoms with E-state index in [9.17, 15) is 4.79 Å². The van der Waals surface area contributed by atoms with Crippen molar-refractivity contribution in [3.8, 4) is 0 Å². The number of carbonyl (C=O) groups is 1. The first kappa shape index (κ1) is 8.09. The van der Waals surface area contributed by atoms with E-state index in [1.54, 1.807) is 0 Å². The van der Waals surface area contributed by atoms with Gasteiger partial charge in [0.25, 0.3) is 0 Å². The summed E-state index contributed by atoms with van der Waals surface area (Å²) in [6, 6.07) is 0. The molecule has 0 saturated heterocycles. The van der Waals surface area contributed by atoms with Crippen LogP contribution in [0.5, 0.6) is 0 Å². The monoisotopic (exact) mass is 167 g/mol. The fraction of sp³-hybridized carbons (Fsp3) is 0.900. The average Bonchev–Trinajstić information content (AvgIpc) is 2.78. The van der Waals surface area contributed by atoms with Crippen molar-refractivity contribution < 1.29 is 4.79 Å². The van der Waals surface area contributed by atoms with Gasteiger partial charge in [-0.2, -0.15) is 0 Å². The Morgan fingerprint density at radius 1 is 1.33 bits per heavy atom. The zero-order valence-corrected chi connectivity index (χ0v) is 7.68. The van der Waals surface area contributed by atoms with Crippen LogP contribution >= 0.6 is 0 Å². The van der Waals surface area contributed by atoms with Gasteiger partial charge in [-0.1, -0.05) is 12.8 Å². The van der Waals surface area contributed by atoms with Gasteiger partial charge in [0.2, 0.25) is 5.91 Å². The van der Waals surface area contributed by atoms with Crippen LogP contribution in [0.4, 0.5) is 0 Å². The van der Waals surface area contributed by atoms with Crippen LogP contribution in [0.25, 0.3) is 0 Å². The van der Waals surface area contributed by atoms with E-state index in [0.717, 1.165) is 18.4 Å². The number of amides is 1. The van der Waals surface area contributed by atoms with E-state index >= 15 is 0 Å². The van der Waals surface area contributed by atoms with E-state index in [-0.39, 0.29) is 0 Å². The average molecular weight is 167 g/mol. The maximum Gasteiger partial charge on any atom is 0.223 e. The van der Waals surface area contributed by atoms with Crippen LogP contribution in [0, 0.1) is 17.8 Å². The largest absolute Gasteiger partial charge is 0.356 e. The van der Waals surface area contributed by atoms with Gasteiger partial charge in [-0.25, -0.2) is 0 Å². The molecule has 0 aliphatic heterocycles. The van der Waals surface area contributed by atoms with Crippen LogP contribution in [-0.2, 0) is 4.79 Å². The summed E-state index contributed by atoms with van der Waals surface area (Å²) in [7, 11) is 0. The second-order valence-electron chi connectivity index (χ2n) is 4.03. The van der Waals surface area contributed by atoms with Gasteiger partial charge >= 0.3 is 0 Å². The normalized spacial score (nSPS) is 38.6. The molecular formula is C10H17NO. The molecule has 0 heterocycles. The molecule has 2 saturated carbocycles. The summed E-state index contributed by atoms with van der Waals surface area (Å²) in [6.07, 6.45) is 5.28. The first-order valence-electron chi connectivity index (χ1n) is 5.12. The van der Waals surface area contributed by atoms with Crippen molar-refractivity contribution in [2.75, 3.05) is 6.54 Å². The molecule has 1 N–H and O–H groups in total. The third-order valence-corrected chi connectivity index (χ3v) is 3.31. The van der Waals surface area contributed by atoms with Gasteiger partial charge < -0.3 is 5.32 Å². The molecular weight excluding hydrogens is 150 g/mol. The molecule has 0 aromatic rings. The molecule has 0 aromatic carbocycles. The highest BCUT2D eigenvalue weighted by atomic mass is 16.2.